The van der Waals surface area contributed by atoms with Crippen LogP contribution in [0.5, 0.6) is 0 Å². The van der Waals surface area contributed by atoms with Gasteiger partial charge < -0.3 is 5.11 Å². The summed E-state index contributed by atoms with van der Waals surface area (Å²) in [4.78, 5) is 4.54. The standard InChI is InChI=1S/C15H17NO/c17-15(10-11-4-3-5-11)14-9-8-12-6-1-2-7-13(12)16-14/h1-2,6-9,11,15,17H,3-5,10H2. The molecule has 0 radical (unpaired) electrons. The molecule has 1 unspecified atom stereocenters. The van der Waals surface area contributed by atoms with Crippen LogP contribution in [0, 0.1) is 5.92 Å². The van der Waals surface area contributed by atoms with E-state index >= 15 is 0 Å². The third-order valence-electron chi connectivity index (χ3n) is 3.74. The molecule has 1 aromatic carbocycles. The molecule has 0 amide bonds. The van der Waals surface area contributed by atoms with Crippen LogP contribution in [0.25, 0.3) is 10.9 Å². The fraction of sp³-hybridized carbons (Fsp3) is 0.400. The molecule has 1 N–H and O–H groups in total. The average molecular weight is 227 g/mol. The van der Waals surface area contributed by atoms with E-state index in [0.717, 1.165) is 23.0 Å². The molecular weight excluding hydrogens is 210 g/mol. The average Bonchev–Trinajstić information content (AvgIpc) is 2.33. The van der Waals surface area contributed by atoms with E-state index in [2.05, 4.69) is 4.98 Å². The summed E-state index contributed by atoms with van der Waals surface area (Å²) in [7, 11) is 0. The molecule has 3 rings (SSSR count). The van der Waals surface area contributed by atoms with Crippen molar-refractivity contribution < 1.29 is 5.11 Å². The molecule has 1 aromatic heterocycles. The predicted octanol–water partition coefficient (Wildman–Crippen LogP) is 3.46. The molecule has 0 aliphatic heterocycles. The molecule has 1 atom stereocenters. The van der Waals surface area contributed by atoms with Crippen molar-refractivity contribution in [2.45, 2.75) is 31.8 Å². The van der Waals surface area contributed by atoms with Crippen LogP contribution in [0.15, 0.2) is 36.4 Å². The number of fused-ring (bicyclic) bond motifs is 1. The molecule has 2 aromatic rings. The Labute approximate surface area is 101 Å². The van der Waals surface area contributed by atoms with Gasteiger partial charge >= 0.3 is 0 Å². The summed E-state index contributed by atoms with van der Waals surface area (Å²) in [5, 5.41) is 11.3. The fourth-order valence-corrected chi connectivity index (χ4v) is 2.43. The zero-order valence-corrected chi connectivity index (χ0v) is 9.84. The largest absolute Gasteiger partial charge is 0.387 e. The molecule has 0 bridgehead atoms. The SMILES string of the molecule is OC(CC1CCC1)c1ccc2ccccc2n1. The number of para-hydroxylation sites is 1. The van der Waals surface area contributed by atoms with Gasteiger partial charge in [0.05, 0.1) is 17.3 Å². The van der Waals surface area contributed by atoms with E-state index in [-0.39, 0.29) is 0 Å². The molecule has 1 saturated carbocycles. The summed E-state index contributed by atoms with van der Waals surface area (Å²) in [5.74, 6) is 0.707. The van der Waals surface area contributed by atoms with E-state index < -0.39 is 6.10 Å². The lowest BCUT2D eigenvalue weighted by molar-refractivity contribution is 0.115. The van der Waals surface area contributed by atoms with Crippen molar-refractivity contribution in [2.75, 3.05) is 0 Å². The molecule has 1 aliphatic carbocycles. The molecule has 0 spiro atoms. The van der Waals surface area contributed by atoms with Gasteiger partial charge in [-0.2, -0.15) is 0 Å². The second-order valence-corrected chi connectivity index (χ2v) is 4.98. The highest BCUT2D eigenvalue weighted by atomic mass is 16.3. The summed E-state index contributed by atoms with van der Waals surface area (Å²) in [5.41, 5.74) is 1.79. The van der Waals surface area contributed by atoms with Gasteiger partial charge in [0.2, 0.25) is 0 Å². The topological polar surface area (TPSA) is 33.1 Å². The Morgan fingerprint density at radius 2 is 2.00 bits per heavy atom. The second kappa shape index (κ2) is 4.46. The molecular formula is C15H17NO. The monoisotopic (exact) mass is 227 g/mol. The molecule has 1 aliphatic rings. The molecule has 88 valence electrons. The summed E-state index contributed by atoms with van der Waals surface area (Å²) in [6.45, 7) is 0. The molecule has 2 nitrogen and oxygen atoms in total. The number of pyridine rings is 1. The van der Waals surface area contributed by atoms with Crippen LogP contribution in [-0.4, -0.2) is 10.1 Å². The zero-order valence-electron chi connectivity index (χ0n) is 9.84. The van der Waals surface area contributed by atoms with Crippen LogP contribution in [-0.2, 0) is 0 Å². The van der Waals surface area contributed by atoms with Gasteiger partial charge in [0, 0.05) is 5.39 Å². The maximum absolute atomic E-state index is 10.2. The van der Waals surface area contributed by atoms with Crippen LogP contribution in [0.3, 0.4) is 0 Å². The number of nitrogens with zero attached hydrogens (tertiary/aromatic N) is 1. The fourth-order valence-electron chi connectivity index (χ4n) is 2.43. The summed E-state index contributed by atoms with van der Waals surface area (Å²) >= 11 is 0. The van der Waals surface area contributed by atoms with Crippen molar-refractivity contribution in [3.05, 3.63) is 42.1 Å². The van der Waals surface area contributed by atoms with E-state index in [1.165, 1.54) is 19.3 Å². The minimum atomic E-state index is -0.398. The number of hydrogen-bond donors (Lipinski definition) is 1. The van der Waals surface area contributed by atoms with Gasteiger partial charge in [-0.1, -0.05) is 43.5 Å². The molecule has 17 heavy (non-hydrogen) atoms. The number of hydrogen-bond acceptors (Lipinski definition) is 2. The molecule has 1 heterocycles. The van der Waals surface area contributed by atoms with Gasteiger partial charge in [0.15, 0.2) is 0 Å². The number of aliphatic hydroxyl groups excluding tert-OH is 1. The normalized spacial score (nSPS) is 17.9. The van der Waals surface area contributed by atoms with Crippen molar-refractivity contribution >= 4 is 10.9 Å². The molecule has 0 saturated heterocycles. The van der Waals surface area contributed by atoms with Gasteiger partial charge in [0.1, 0.15) is 0 Å². The highest BCUT2D eigenvalue weighted by Crippen LogP contribution is 2.34. The maximum Gasteiger partial charge on any atom is 0.0962 e. The van der Waals surface area contributed by atoms with E-state index in [1.54, 1.807) is 0 Å². The lowest BCUT2D eigenvalue weighted by Gasteiger charge is -2.27. The third kappa shape index (κ3) is 2.18. The lowest BCUT2D eigenvalue weighted by Crippen LogP contribution is -2.15. The lowest BCUT2D eigenvalue weighted by atomic mass is 9.81. The molecule has 2 heteroatoms. The first-order chi connectivity index (χ1) is 8.33. The van der Waals surface area contributed by atoms with E-state index in [4.69, 9.17) is 0 Å². The van der Waals surface area contributed by atoms with Gasteiger partial charge in [0.25, 0.3) is 0 Å². The maximum atomic E-state index is 10.2. The van der Waals surface area contributed by atoms with Crippen LogP contribution in [0.2, 0.25) is 0 Å². The van der Waals surface area contributed by atoms with Crippen molar-refractivity contribution in [3.8, 4) is 0 Å². The number of aromatic nitrogens is 1. The van der Waals surface area contributed by atoms with Crippen LogP contribution in [0.4, 0.5) is 0 Å². The Balaban J connectivity index is 1.83. The predicted molar refractivity (Wildman–Crippen MR) is 68.7 cm³/mol. The first kappa shape index (κ1) is 10.7. The minimum Gasteiger partial charge on any atom is -0.387 e. The highest BCUT2D eigenvalue weighted by molar-refractivity contribution is 5.78. The van der Waals surface area contributed by atoms with Gasteiger partial charge in [-0.05, 0) is 24.5 Å². The quantitative estimate of drug-likeness (QED) is 0.871. The minimum absolute atomic E-state index is 0.398. The van der Waals surface area contributed by atoms with Crippen molar-refractivity contribution in [3.63, 3.8) is 0 Å². The van der Waals surface area contributed by atoms with Crippen LogP contribution < -0.4 is 0 Å². The van der Waals surface area contributed by atoms with E-state index in [0.29, 0.717) is 5.92 Å². The first-order valence-corrected chi connectivity index (χ1v) is 6.37. The summed E-state index contributed by atoms with van der Waals surface area (Å²) < 4.78 is 0. The smallest absolute Gasteiger partial charge is 0.0962 e. The number of benzene rings is 1. The third-order valence-corrected chi connectivity index (χ3v) is 3.74. The van der Waals surface area contributed by atoms with Crippen LogP contribution >= 0.6 is 0 Å². The molecule has 1 fully saturated rings. The Hall–Kier alpha value is -1.41. The number of aliphatic hydroxyl groups is 1. The van der Waals surface area contributed by atoms with Gasteiger partial charge in [-0.3, -0.25) is 4.98 Å². The van der Waals surface area contributed by atoms with Crippen molar-refractivity contribution in [2.24, 2.45) is 5.92 Å². The highest BCUT2D eigenvalue weighted by Gasteiger charge is 2.22. The first-order valence-electron chi connectivity index (χ1n) is 6.37. The van der Waals surface area contributed by atoms with Gasteiger partial charge in [-0.15, -0.1) is 0 Å². The van der Waals surface area contributed by atoms with Gasteiger partial charge in [-0.25, -0.2) is 0 Å². The van der Waals surface area contributed by atoms with E-state index in [1.807, 2.05) is 36.4 Å². The van der Waals surface area contributed by atoms with E-state index in [9.17, 15) is 5.11 Å². The van der Waals surface area contributed by atoms with Crippen molar-refractivity contribution in [1.82, 2.24) is 4.98 Å². The summed E-state index contributed by atoms with van der Waals surface area (Å²) in [6.07, 6.45) is 4.33. The zero-order chi connectivity index (χ0) is 11.7. The Bertz CT molecular complexity index is 519. The van der Waals surface area contributed by atoms with Crippen LogP contribution in [0.1, 0.15) is 37.5 Å². The Morgan fingerprint density at radius 1 is 1.18 bits per heavy atom. The number of rotatable bonds is 3. The Kier molecular flexibility index (Phi) is 2.81. The van der Waals surface area contributed by atoms with Crippen molar-refractivity contribution in [1.29, 1.82) is 0 Å². The Morgan fingerprint density at radius 3 is 2.76 bits per heavy atom. The second-order valence-electron chi connectivity index (χ2n) is 4.98. The summed E-state index contributed by atoms with van der Waals surface area (Å²) in [6, 6.07) is 12.0.